The third-order valence-electron chi connectivity index (χ3n) is 4.19. The smallest absolute Gasteiger partial charge is 0.126 e. The lowest BCUT2D eigenvalue weighted by molar-refractivity contribution is -0.0349. The number of hydrogen-bond acceptors (Lipinski definition) is 2. The van der Waals surface area contributed by atoms with Gasteiger partial charge >= 0.3 is 0 Å². The highest BCUT2D eigenvalue weighted by Gasteiger charge is 2.41. The van der Waals surface area contributed by atoms with Crippen LogP contribution in [-0.2, 0) is 4.74 Å². The third-order valence-corrected chi connectivity index (χ3v) is 4.19. The maximum atomic E-state index is 13.4. The number of rotatable bonds is 4. The summed E-state index contributed by atoms with van der Waals surface area (Å²) in [5, 5.41) is 3.35. The zero-order chi connectivity index (χ0) is 13.2. The molecule has 1 aromatic rings. The Kier molecular flexibility index (Phi) is 4.03. The van der Waals surface area contributed by atoms with Crippen molar-refractivity contribution in [3.05, 3.63) is 35.1 Å². The van der Waals surface area contributed by atoms with E-state index in [9.17, 15) is 4.39 Å². The van der Waals surface area contributed by atoms with E-state index in [2.05, 4.69) is 5.32 Å². The molecule has 0 heterocycles. The molecule has 0 aliphatic heterocycles. The standard InChI is InChI=1S/C15H22FNO/c1-11-10-12(6-7-13(11)16)14(17-2)15(18-3)8-4-5-9-15/h6-7,10,14,17H,4-5,8-9H2,1-3H3. The summed E-state index contributed by atoms with van der Waals surface area (Å²) in [4.78, 5) is 0. The molecule has 2 nitrogen and oxygen atoms in total. The van der Waals surface area contributed by atoms with Crippen molar-refractivity contribution in [3.63, 3.8) is 0 Å². The van der Waals surface area contributed by atoms with Crippen molar-refractivity contribution in [1.29, 1.82) is 0 Å². The van der Waals surface area contributed by atoms with Gasteiger partial charge in [0.2, 0.25) is 0 Å². The molecule has 3 heteroatoms. The Labute approximate surface area is 109 Å². The molecule has 0 amide bonds. The van der Waals surface area contributed by atoms with E-state index in [-0.39, 0.29) is 17.5 Å². The average molecular weight is 251 g/mol. The molecule has 100 valence electrons. The maximum Gasteiger partial charge on any atom is 0.126 e. The second-order valence-corrected chi connectivity index (χ2v) is 5.21. The number of likely N-dealkylation sites (N-methyl/N-ethyl adjacent to an activating group) is 1. The minimum atomic E-state index is -0.147. The van der Waals surface area contributed by atoms with Gasteiger partial charge in [-0.05, 0) is 44.0 Å². The number of aryl methyl sites for hydroxylation is 1. The van der Waals surface area contributed by atoms with Crippen molar-refractivity contribution in [2.24, 2.45) is 0 Å². The van der Waals surface area contributed by atoms with Crippen molar-refractivity contribution >= 4 is 0 Å². The third kappa shape index (κ3) is 2.29. The highest BCUT2D eigenvalue weighted by molar-refractivity contribution is 5.29. The highest BCUT2D eigenvalue weighted by atomic mass is 19.1. The summed E-state index contributed by atoms with van der Waals surface area (Å²) in [5.74, 6) is -0.147. The van der Waals surface area contributed by atoms with Crippen LogP contribution in [-0.4, -0.2) is 19.8 Å². The summed E-state index contributed by atoms with van der Waals surface area (Å²) in [7, 11) is 3.73. The number of ether oxygens (including phenoxy) is 1. The Morgan fingerprint density at radius 3 is 2.50 bits per heavy atom. The molecule has 1 unspecified atom stereocenters. The van der Waals surface area contributed by atoms with Gasteiger partial charge in [-0.1, -0.05) is 25.0 Å². The normalized spacial score (nSPS) is 20.0. The maximum absolute atomic E-state index is 13.4. The first-order chi connectivity index (χ1) is 8.63. The molecular weight excluding hydrogens is 229 g/mol. The molecule has 1 aromatic carbocycles. The van der Waals surface area contributed by atoms with E-state index in [1.807, 2.05) is 19.2 Å². The summed E-state index contributed by atoms with van der Waals surface area (Å²) in [6.07, 6.45) is 4.52. The van der Waals surface area contributed by atoms with Crippen molar-refractivity contribution in [3.8, 4) is 0 Å². The molecule has 18 heavy (non-hydrogen) atoms. The summed E-state index contributed by atoms with van der Waals surface area (Å²) in [6.45, 7) is 1.81. The van der Waals surface area contributed by atoms with Gasteiger partial charge in [0.25, 0.3) is 0 Å². The first kappa shape index (κ1) is 13.5. The fourth-order valence-corrected chi connectivity index (χ4v) is 3.17. The Hall–Kier alpha value is -0.930. The predicted molar refractivity (Wildman–Crippen MR) is 71.1 cm³/mol. The van der Waals surface area contributed by atoms with Crippen LogP contribution >= 0.6 is 0 Å². The minimum Gasteiger partial charge on any atom is -0.376 e. The molecule has 2 rings (SSSR count). The van der Waals surface area contributed by atoms with E-state index in [1.54, 1.807) is 20.1 Å². The van der Waals surface area contributed by atoms with Crippen LogP contribution < -0.4 is 5.32 Å². The van der Waals surface area contributed by atoms with E-state index in [1.165, 1.54) is 12.8 Å². The zero-order valence-corrected chi connectivity index (χ0v) is 11.4. The van der Waals surface area contributed by atoms with Crippen LogP contribution in [0.4, 0.5) is 4.39 Å². The Morgan fingerprint density at radius 2 is 2.00 bits per heavy atom. The molecule has 0 spiro atoms. The van der Waals surface area contributed by atoms with Gasteiger partial charge < -0.3 is 10.1 Å². The van der Waals surface area contributed by atoms with Gasteiger partial charge in [0.15, 0.2) is 0 Å². The highest BCUT2D eigenvalue weighted by Crippen LogP contribution is 2.42. The van der Waals surface area contributed by atoms with Gasteiger partial charge in [-0.25, -0.2) is 4.39 Å². The monoisotopic (exact) mass is 251 g/mol. The number of methoxy groups -OCH3 is 1. The first-order valence-corrected chi connectivity index (χ1v) is 6.61. The van der Waals surface area contributed by atoms with Crippen molar-refractivity contribution in [2.45, 2.75) is 44.2 Å². The Balaban J connectivity index is 2.34. The lowest BCUT2D eigenvalue weighted by Crippen LogP contribution is -2.42. The molecule has 1 N–H and O–H groups in total. The summed E-state index contributed by atoms with van der Waals surface area (Å²) in [6, 6.07) is 5.47. The lowest BCUT2D eigenvalue weighted by atomic mass is 9.86. The molecular formula is C15H22FNO. The van der Waals surface area contributed by atoms with Crippen molar-refractivity contribution in [1.82, 2.24) is 5.32 Å². The molecule has 0 bridgehead atoms. The van der Waals surface area contributed by atoms with E-state index >= 15 is 0 Å². The summed E-state index contributed by atoms with van der Waals surface area (Å²) >= 11 is 0. The van der Waals surface area contributed by atoms with E-state index in [0.29, 0.717) is 5.56 Å². The van der Waals surface area contributed by atoms with E-state index in [0.717, 1.165) is 18.4 Å². The fraction of sp³-hybridized carbons (Fsp3) is 0.600. The molecule has 1 aliphatic rings. The fourth-order valence-electron chi connectivity index (χ4n) is 3.17. The summed E-state index contributed by atoms with van der Waals surface area (Å²) in [5.41, 5.74) is 1.66. The van der Waals surface area contributed by atoms with Crippen molar-refractivity contribution < 1.29 is 9.13 Å². The van der Waals surface area contributed by atoms with Gasteiger partial charge in [0, 0.05) is 7.11 Å². The second-order valence-electron chi connectivity index (χ2n) is 5.21. The topological polar surface area (TPSA) is 21.3 Å². The quantitative estimate of drug-likeness (QED) is 0.886. The van der Waals surface area contributed by atoms with E-state index < -0.39 is 0 Å². The van der Waals surface area contributed by atoms with Gasteiger partial charge in [0.1, 0.15) is 5.82 Å². The van der Waals surface area contributed by atoms with Crippen molar-refractivity contribution in [2.75, 3.05) is 14.2 Å². The number of hydrogen-bond donors (Lipinski definition) is 1. The largest absolute Gasteiger partial charge is 0.376 e. The first-order valence-electron chi connectivity index (χ1n) is 6.61. The van der Waals surface area contributed by atoms with Gasteiger partial charge in [-0.3, -0.25) is 0 Å². The SMILES string of the molecule is CNC(c1ccc(F)c(C)c1)C1(OC)CCCC1. The van der Waals surface area contributed by atoms with Crippen LogP contribution in [0.15, 0.2) is 18.2 Å². The number of benzene rings is 1. The molecule has 1 aliphatic carbocycles. The Morgan fingerprint density at radius 1 is 1.33 bits per heavy atom. The summed E-state index contributed by atoms with van der Waals surface area (Å²) < 4.78 is 19.2. The molecule has 0 aromatic heterocycles. The zero-order valence-electron chi connectivity index (χ0n) is 11.4. The number of nitrogens with one attached hydrogen (secondary N) is 1. The van der Waals surface area contributed by atoms with Gasteiger partial charge in [-0.2, -0.15) is 0 Å². The average Bonchev–Trinajstić information content (AvgIpc) is 2.84. The van der Waals surface area contributed by atoms with Crippen LogP contribution in [0.5, 0.6) is 0 Å². The lowest BCUT2D eigenvalue weighted by Gasteiger charge is -2.36. The van der Waals surface area contributed by atoms with Crippen LogP contribution in [0.25, 0.3) is 0 Å². The minimum absolute atomic E-state index is 0.129. The van der Waals surface area contributed by atoms with Crippen LogP contribution in [0.2, 0.25) is 0 Å². The number of halogens is 1. The molecule has 1 fully saturated rings. The van der Waals surface area contributed by atoms with Gasteiger partial charge in [-0.15, -0.1) is 0 Å². The second kappa shape index (κ2) is 5.37. The Bertz CT molecular complexity index is 413. The van der Waals surface area contributed by atoms with Crippen LogP contribution in [0.3, 0.4) is 0 Å². The molecule has 0 saturated heterocycles. The molecule has 1 saturated carbocycles. The molecule has 0 radical (unpaired) electrons. The van der Waals surface area contributed by atoms with Gasteiger partial charge in [0.05, 0.1) is 11.6 Å². The molecule has 1 atom stereocenters. The van der Waals surface area contributed by atoms with Crippen LogP contribution in [0.1, 0.15) is 42.9 Å². The van der Waals surface area contributed by atoms with Crippen LogP contribution in [0, 0.1) is 12.7 Å². The predicted octanol–water partition coefficient (Wildman–Crippen LogP) is 3.35. The van der Waals surface area contributed by atoms with E-state index in [4.69, 9.17) is 4.74 Å².